The SMILES string of the molecule is CCOCCCNc1nc(C)cn1-c1cc(F)ccc1C. The first-order valence-corrected chi connectivity index (χ1v) is 7.26. The minimum atomic E-state index is -0.246. The Morgan fingerprint density at radius 2 is 2.14 bits per heavy atom. The van der Waals surface area contributed by atoms with Crippen molar-refractivity contribution < 1.29 is 9.13 Å². The molecular weight excluding hydrogens is 269 g/mol. The molecule has 21 heavy (non-hydrogen) atoms. The van der Waals surface area contributed by atoms with Crippen molar-refractivity contribution in [3.8, 4) is 5.69 Å². The van der Waals surface area contributed by atoms with Crippen LogP contribution in [0.25, 0.3) is 5.69 Å². The molecular formula is C16H22FN3O. The van der Waals surface area contributed by atoms with Gasteiger partial charge in [0, 0.05) is 26.0 Å². The summed E-state index contributed by atoms with van der Waals surface area (Å²) in [6.45, 7) is 8.10. The van der Waals surface area contributed by atoms with E-state index in [-0.39, 0.29) is 5.82 Å². The second kappa shape index (κ2) is 7.22. The molecule has 5 heteroatoms. The summed E-state index contributed by atoms with van der Waals surface area (Å²) < 4.78 is 20.7. The van der Waals surface area contributed by atoms with Crippen LogP contribution in [0.5, 0.6) is 0 Å². The number of imidazole rings is 1. The second-order valence-corrected chi connectivity index (χ2v) is 4.98. The molecule has 0 aliphatic rings. The molecule has 2 rings (SSSR count). The number of ether oxygens (including phenoxy) is 1. The van der Waals surface area contributed by atoms with E-state index in [9.17, 15) is 4.39 Å². The number of halogens is 1. The highest BCUT2D eigenvalue weighted by molar-refractivity contribution is 5.47. The van der Waals surface area contributed by atoms with E-state index in [0.29, 0.717) is 0 Å². The third-order valence-electron chi connectivity index (χ3n) is 3.21. The van der Waals surface area contributed by atoms with E-state index in [1.165, 1.54) is 12.1 Å². The number of aryl methyl sites for hydroxylation is 2. The fraction of sp³-hybridized carbons (Fsp3) is 0.438. The predicted octanol–water partition coefficient (Wildman–Crippen LogP) is 3.47. The molecule has 0 bridgehead atoms. The van der Waals surface area contributed by atoms with Crippen LogP contribution in [0, 0.1) is 19.7 Å². The van der Waals surface area contributed by atoms with E-state index >= 15 is 0 Å². The van der Waals surface area contributed by atoms with Gasteiger partial charge >= 0.3 is 0 Å². The van der Waals surface area contributed by atoms with Crippen molar-refractivity contribution in [2.45, 2.75) is 27.2 Å². The van der Waals surface area contributed by atoms with E-state index in [0.717, 1.165) is 49.1 Å². The van der Waals surface area contributed by atoms with Crippen LogP contribution >= 0.6 is 0 Å². The first-order chi connectivity index (χ1) is 10.1. The highest BCUT2D eigenvalue weighted by atomic mass is 19.1. The first-order valence-electron chi connectivity index (χ1n) is 7.26. The predicted molar refractivity (Wildman–Crippen MR) is 82.6 cm³/mol. The molecule has 0 saturated heterocycles. The molecule has 0 radical (unpaired) electrons. The number of benzene rings is 1. The van der Waals surface area contributed by atoms with Crippen LogP contribution in [0.2, 0.25) is 0 Å². The quantitative estimate of drug-likeness (QED) is 0.794. The van der Waals surface area contributed by atoms with Gasteiger partial charge in [0.25, 0.3) is 0 Å². The Morgan fingerprint density at radius 1 is 1.33 bits per heavy atom. The largest absolute Gasteiger partial charge is 0.382 e. The van der Waals surface area contributed by atoms with Crippen molar-refractivity contribution in [1.29, 1.82) is 0 Å². The third-order valence-corrected chi connectivity index (χ3v) is 3.21. The summed E-state index contributed by atoms with van der Waals surface area (Å²) in [4.78, 5) is 4.46. The number of rotatable bonds is 7. The van der Waals surface area contributed by atoms with Gasteiger partial charge in [0.1, 0.15) is 5.82 Å². The highest BCUT2D eigenvalue weighted by Gasteiger charge is 2.10. The van der Waals surface area contributed by atoms with Crippen molar-refractivity contribution in [2.24, 2.45) is 0 Å². The van der Waals surface area contributed by atoms with Crippen LogP contribution in [-0.4, -0.2) is 29.3 Å². The maximum atomic E-state index is 13.5. The van der Waals surface area contributed by atoms with Crippen LogP contribution in [-0.2, 0) is 4.74 Å². The van der Waals surface area contributed by atoms with Gasteiger partial charge in [0.2, 0.25) is 5.95 Å². The lowest BCUT2D eigenvalue weighted by molar-refractivity contribution is 0.147. The van der Waals surface area contributed by atoms with Crippen molar-refractivity contribution in [2.75, 3.05) is 25.1 Å². The normalized spacial score (nSPS) is 10.9. The standard InChI is InChI=1S/C16H22FN3O/c1-4-21-9-5-8-18-16-19-13(3)11-20(16)15-10-14(17)7-6-12(15)2/h6-7,10-11H,4-5,8-9H2,1-3H3,(H,18,19). The molecule has 0 aliphatic heterocycles. The molecule has 1 aromatic heterocycles. The van der Waals surface area contributed by atoms with Crippen LogP contribution in [0.4, 0.5) is 10.3 Å². The molecule has 114 valence electrons. The van der Waals surface area contributed by atoms with Gasteiger partial charge in [-0.1, -0.05) is 6.07 Å². The number of aromatic nitrogens is 2. The molecule has 1 heterocycles. The van der Waals surface area contributed by atoms with Gasteiger partial charge in [-0.2, -0.15) is 0 Å². The Hall–Kier alpha value is -1.88. The van der Waals surface area contributed by atoms with Crippen LogP contribution in [0.15, 0.2) is 24.4 Å². The summed E-state index contributed by atoms with van der Waals surface area (Å²) in [6.07, 6.45) is 2.81. The lowest BCUT2D eigenvalue weighted by Gasteiger charge is -2.12. The lowest BCUT2D eigenvalue weighted by Crippen LogP contribution is -2.10. The maximum absolute atomic E-state index is 13.5. The fourth-order valence-corrected chi connectivity index (χ4v) is 2.17. The van der Waals surface area contributed by atoms with Crippen molar-refractivity contribution in [3.63, 3.8) is 0 Å². The van der Waals surface area contributed by atoms with Gasteiger partial charge in [-0.25, -0.2) is 9.37 Å². The van der Waals surface area contributed by atoms with Gasteiger partial charge < -0.3 is 10.1 Å². The molecule has 0 unspecified atom stereocenters. The maximum Gasteiger partial charge on any atom is 0.207 e. The zero-order valence-electron chi connectivity index (χ0n) is 12.8. The molecule has 0 spiro atoms. The van der Waals surface area contributed by atoms with Crippen molar-refractivity contribution in [3.05, 3.63) is 41.5 Å². The fourth-order valence-electron chi connectivity index (χ4n) is 2.17. The minimum absolute atomic E-state index is 0.246. The number of hydrogen-bond acceptors (Lipinski definition) is 3. The Balaban J connectivity index is 2.14. The topological polar surface area (TPSA) is 39.1 Å². The van der Waals surface area contributed by atoms with Gasteiger partial charge in [0.05, 0.1) is 11.4 Å². The third kappa shape index (κ3) is 4.04. The van der Waals surface area contributed by atoms with Crippen LogP contribution < -0.4 is 5.32 Å². The summed E-state index contributed by atoms with van der Waals surface area (Å²) in [5.41, 5.74) is 2.71. The number of hydrogen-bond donors (Lipinski definition) is 1. The van der Waals surface area contributed by atoms with Crippen LogP contribution in [0.1, 0.15) is 24.6 Å². The molecule has 2 aromatic rings. The van der Waals surface area contributed by atoms with Gasteiger partial charge in [-0.05, 0) is 44.9 Å². The van der Waals surface area contributed by atoms with E-state index in [1.54, 1.807) is 6.07 Å². The average molecular weight is 291 g/mol. The van der Waals surface area contributed by atoms with Gasteiger partial charge in [-0.3, -0.25) is 4.57 Å². The summed E-state index contributed by atoms with van der Waals surface area (Å²) in [6, 6.07) is 4.78. The molecule has 0 atom stereocenters. The Labute approximate surface area is 125 Å². The van der Waals surface area contributed by atoms with Crippen molar-refractivity contribution >= 4 is 5.95 Å². The lowest BCUT2D eigenvalue weighted by atomic mass is 10.2. The minimum Gasteiger partial charge on any atom is -0.382 e. The molecule has 0 saturated carbocycles. The second-order valence-electron chi connectivity index (χ2n) is 4.98. The van der Waals surface area contributed by atoms with Crippen LogP contribution in [0.3, 0.4) is 0 Å². The van der Waals surface area contributed by atoms with E-state index in [4.69, 9.17) is 4.74 Å². The smallest absolute Gasteiger partial charge is 0.207 e. The zero-order valence-corrected chi connectivity index (χ0v) is 12.8. The zero-order chi connectivity index (χ0) is 15.2. The molecule has 0 fully saturated rings. The Morgan fingerprint density at radius 3 is 2.90 bits per heavy atom. The number of nitrogens with one attached hydrogen (secondary N) is 1. The highest BCUT2D eigenvalue weighted by Crippen LogP contribution is 2.21. The summed E-state index contributed by atoms with van der Waals surface area (Å²) >= 11 is 0. The van der Waals surface area contributed by atoms with E-state index in [1.807, 2.05) is 31.5 Å². The average Bonchev–Trinajstić information content (AvgIpc) is 2.82. The monoisotopic (exact) mass is 291 g/mol. The first kappa shape index (κ1) is 15.5. The summed E-state index contributed by atoms with van der Waals surface area (Å²) in [5, 5.41) is 3.29. The van der Waals surface area contributed by atoms with Crippen molar-refractivity contribution in [1.82, 2.24) is 9.55 Å². The Kier molecular flexibility index (Phi) is 5.33. The van der Waals surface area contributed by atoms with Gasteiger partial charge in [0.15, 0.2) is 0 Å². The molecule has 1 aromatic carbocycles. The van der Waals surface area contributed by atoms with E-state index < -0.39 is 0 Å². The number of anilines is 1. The Bertz CT molecular complexity index is 595. The van der Waals surface area contributed by atoms with Gasteiger partial charge in [-0.15, -0.1) is 0 Å². The molecule has 4 nitrogen and oxygen atoms in total. The van der Waals surface area contributed by atoms with E-state index in [2.05, 4.69) is 10.3 Å². The summed E-state index contributed by atoms with van der Waals surface area (Å²) in [5.74, 6) is 0.488. The number of nitrogens with zero attached hydrogens (tertiary/aromatic N) is 2. The molecule has 0 amide bonds. The molecule has 0 aliphatic carbocycles. The summed E-state index contributed by atoms with van der Waals surface area (Å²) in [7, 11) is 0. The molecule has 1 N–H and O–H groups in total.